The van der Waals surface area contributed by atoms with Crippen LogP contribution in [0.4, 0.5) is 29.2 Å². The van der Waals surface area contributed by atoms with Crippen LogP contribution in [0.2, 0.25) is 0 Å². The number of nitrogens with two attached hydrogens (primary N) is 1. The van der Waals surface area contributed by atoms with Crippen LogP contribution < -0.4 is 26.2 Å². The van der Waals surface area contributed by atoms with Crippen LogP contribution in [0.15, 0.2) is 24.3 Å². The zero-order valence-electron chi connectivity index (χ0n) is 20.4. The average Bonchev–Trinajstić information content (AvgIpc) is 2.85. The van der Waals surface area contributed by atoms with Gasteiger partial charge < -0.3 is 35.6 Å². The zero-order chi connectivity index (χ0) is 25.0. The highest BCUT2D eigenvalue weighted by molar-refractivity contribution is 5.53. The van der Waals surface area contributed by atoms with Crippen LogP contribution in [0.3, 0.4) is 0 Å². The summed E-state index contributed by atoms with van der Waals surface area (Å²) in [5, 5.41) is 17.4. The molecule has 192 valence electrons. The van der Waals surface area contributed by atoms with E-state index in [1.165, 1.54) is 12.1 Å². The van der Waals surface area contributed by atoms with Crippen molar-refractivity contribution in [2.75, 3.05) is 86.1 Å². The van der Waals surface area contributed by atoms with Crippen LogP contribution in [-0.4, -0.2) is 91.6 Å². The minimum Gasteiger partial charge on any atom is -0.378 e. The Morgan fingerprint density at radius 3 is 2.23 bits per heavy atom. The number of nitro benzene ring substituents is 1. The minimum atomic E-state index is -0.388. The van der Waals surface area contributed by atoms with Gasteiger partial charge in [-0.15, -0.1) is 0 Å². The fourth-order valence-corrected chi connectivity index (χ4v) is 3.50. The van der Waals surface area contributed by atoms with E-state index >= 15 is 0 Å². The Labute approximate surface area is 205 Å². The number of ether oxygens (including phenoxy) is 2. The van der Waals surface area contributed by atoms with Crippen LogP contribution in [0.1, 0.15) is 13.8 Å². The van der Waals surface area contributed by atoms with Crippen LogP contribution >= 0.6 is 0 Å². The lowest BCUT2D eigenvalue weighted by atomic mass is 10.2. The first-order chi connectivity index (χ1) is 17.0. The molecule has 3 rings (SSSR count). The first kappa shape index (κ1) is 26.3. The van der Waals surface area contributed by atoms with E-state index < -0.39 is 0 Å². The minimum absolute atomic E-state index is 0.0908. The van der Waals surface area contributed by atoms with E-state index in [-0.39, 0.29) is 16.7 Å². The normalized spacial score (nSPS) is 13.8. The van der Waals surface area contributed by atoms with Crippen LogP contribution in [0.5, 0.6) is 0 Å². The number of rotatable bonds is 14. The molecule has 0 amide bonds. The van der Waals surface area contributed by atoms with Crippen molar-refractivity contribution in [2.24, 2.45) is 5.73 Å². The molecule has 2 heterocycles. The zero-order valence-corrected chi connectivity index (χ0v) is 20.4. The Kier molecular flexibility index (Phi) is 10.2. The molecule has 1 aromatic heterocycles. The molecule has 0 unspecified atom stereocenters. The van der Waals surface area contributed by atoms with Crippen molar-refractivity contribution < 1.29 is 14.4 Å². The highest BCUT2D eigenvalue weighted by atomic mass is 16.6. The monoisotopic (exact) mass is 489 g/mol. The lowest BCUT2D eigenvalue weighted by Gasteiger charge is -2.36. The van der Waals surface area contributed by atoms with Gasteiger partial charge in [0.1, 0.15) is 0 Å². The quantitative estimate of drug-likeness (QED) is 0.199. The van der Waals surface area contributed by atoms with Crippen molar-refractivity contribution in [3.05, 3.63) is 34.4 Å². The molecule has 1 aliphatic heterocycles. The third-order valence-corrected chi connectivity index (χ3v) is 5.19. The smallest absolute Gasteiger partial charge is 0.269 e. The number of nitrogens with zero attached hydrogens (tertiary/aromatic N) is 6. The summed E-state index contributed by atoms with van der Waals surface area (Å²) in [5.74, 6) is 1.60. The summed E-state index contributed by atoms with van der Waals surface area (Å²) in [5.41, 5.74) is 6.44. The van der Waals surface area contributed by atoms with E-state index in [1.807, 2.05) is 13.8 Å². The Hall–Kier alpha value is -3.29. The second kappa shape index (κ2) is 13.6. The lowest BCUT2D eigenvalue weighted by molar-refractivity contribution is -0.384. The molecule has 1 saturated heterocycles. The van der Waals surface area contributed by atoms with Crippen molar-refractivity contribution in [1.82, 2.24) is 15.0 Å². The number of nitro groups is 1. The summed E-state index contributed by atoms with van der Waals surface area (Å²) in [6.45, 7) is 10.1. The van der Waals surface area contributed by atoms with Gasteiger partial charge in [0.05, 0.1) is 31.4 Å². The molecule has 0 atom stereocenters. The summed E-state index contributed by atoms with van der Waals surface area (Å²) in [6, 6.07) is 6.82. The fourth-order valence-electron chi connectivity index (χ4n) is 3.50. The van der Waals surface area contributed by atoms with E-state index in [4.69, 9.17) is 15.2 Å². The number of anilines is 4. The van der Waals surface area contributed by atoms with Crippen LogP contribution in [0, 0.1) is 10.1 Å². The van der Waals surface area contributed by atoms with Gasteiger partial charge >= 0.3 is 0 Å². The van der Waals surface area contributed by atoms with E-state index in [9.17, 15) is 10.1 Å². The lowest BCUT2D eigenvalue weighted by Crippen LogP contribution is -2.47. The summed E-state index contributed by atoms with van der Waals surface area (Å²) in [7, 11) is 0. The van der Waals surface area contributed by atoms with Crippen molar-refractivity contribution >= 4 is 29.2 Å². The van der Waals surface area contributed by atoms with Gasteiger partial charge in [-0.25, -0.2) is 0 Å². The second-order valence-electron chi connectivity index (χ2n) is 8.27. The highest BCUT2D eigenvalue weighted by Crippen LogP contribution is 2.22. The van der Waals surface area contributed by atoms with Crippen molar-refractivity contribution in [3.63, 3.8) is 0 Å². The molecule has 0 spiro atoms. The highest BCUT2D eigenvalue weighted by Gasteiger charge is 2.21. The van der Waals surface area contributed by atoms with E-state index in [0.29, 0.717) is 70.5 Å². The number of hydrogen-bond donors (Lipinski definition) is 3. The van der Waals surface area contributed by atoms with Gasteiger partial charge in [0.2, 0.25) is 17.8 Å². The van der Waals surface area contributed by atoms with E-state index in [0.717, 1.165) is 18.8 Å². The molecule has 1 aromatic carbocycles. The van der Waals surface area contributed by atoms with Crippen molar-refractivity contribution in [3.8, 4) is 0 Å². The predicted octanol–water partition coefficient (Wildman–Crippen LogP) is 1.33. The first-order valence-corrected chi connectivity index (χ1v) is 11.8. The maximum atomic E-state index is 10.9. The van der Waals surface area contributed by atoms with Gasteiger partial charge in [0, 0.05) is 63.1 Å². The Morgan fingerprint density at radius 2 is 1.60 bits per heavy atom. The van der Waals surface area contributed by atoms with Gasteiger partial charge in [0.25, 0.3) is 5.69 Å². The van der Waals surface area contributed by atoms with Crippen LogP contribution in [-0.2, 0) is 9.47 Å². The maximum absolute atomic E-state index is 10.9. The third kappa shape index (κ3) is 8.46. The van der Waals surface area contributed by atoms with Gasteiger partial charge in [-0.3, -0.25) is 10.1 Å². The second-order valence-corrected chi connectivity index (χ2v) is 8.27. The first-order valence-electron chi connectivity index (χ1n) is 11.8. The summed E-state index contributed by atoms with van der Waals surface area (Å²) in [6.07, 6.45) is 0. The topological polar surface area (TPSA) is 157 Å². The Balaban J connectivity index is 1.56. The molecule has 1 aliphatic rings. The van der Waals surface area contributed by atoms with E-state index in [1.54, 1.807) is 12.1 Å². The van der Waals surface area contributed by atoms with Gasteiger partial charge in [-0.2, -0.15) is 15.0 Å². The molecule has 13 nitrogen and oxygen atoms in total. The van der Waals surface area contributed by atoms with E-state index in [2.05, 4.69) is 35.4 Å². The van der Waals surface area contributed by atoms with Gasteiger partial charge in [0.15, 0.2) is 0 Å². The molecular formula is C22H35N9O4. The molecule has 1 fully saturated rings. The molecule has 0 radical (unpaired) electrons. The molecule has 0 aliphatic carbocycles. The largest absolute Gasteiger partial charge is 0.378 e. The number of piperazine rings is 1. The Bertz CT molecular complexity index is 922. The van der Waals surface area contributed by atoms with Crippen molar-refractivity contribution in [1.29, 1.82) is 0 Å². The fraction of sp³-hybridized carbons (Fsp3) is 0.591. The molecule has 35 heavy (non-hydrogen) atoms. The number of aromatic nitrogens is 3. The predicted molar refractivity (Wildman–Crippen MR) is 135 cm³/mol. The molecule has 13 heteroatoms. The number of nitrogens with one attached hydrogen (secondary N) is 2. The SMILES string of the molecule is CC(C)Nc1nc(NCCOCCOCCN)nc(N2CCN(c3ccc([N+](=O)[O-])cc3)CC2)n1. The van der Waals surface area contributed by atoms with Gasteiger partial charge in [-0.05, 0) is 26.0 Å². The third-order valence-electron chi connectivity index (χ3n) is 5.19. The molecule has 2 aromatic rings. The van der Waals surface area contributed by atoms with Crippen LogP contribution in [0.25, 0.3) is 0 Å². The van der Waals surface area contributed by atoms with Crippen molar-refractivity contribution in [2.45, 2.75) is 19.9 Å². The summed E-state index contributed by atoms with van der Waals surface area (Å²) in [4.78, 5) is 28.5. The average molecular weight is 490 g/mol. The number of benzene rings is 1. The molecule has 0 bridgehead atoms. The summed E-state index contributed by atoms with van der Waals surface area (Å²) < 4.78 is 10.8. The molecule has 0 saturated carbocycles. The Morgan fingerprint density at radius 1 is 0.971 bits per heavy atom. The maximum Gasteiger partial charge on any atom is 0.269 e. The summed E-state index contributed by atoms with van der Waals surface area (Å²) >= 11 is 0. The molecule has 4 N–H and O–H groups in total. The van der Waals surface area contributed by atoms with Gasteiger partial charge in [-0.1, -0.05) is 0 Å². The standard InChI is InChI=1S/C22H35N9O4/c1-17(2)25-21-26-20(24-8-14-35-16-15-34-13-7-23)27-22(28-21)30-11-9-29(10-12-30)18-3-5-19(6-4-18)31(32)33/h3-6,17H,7-16,23H2,1-2H3,(H2,24,25,26,27,28). The molecular weight excluding hydrogens is 454 g/mol. The number of non-ortho nitro benzene ring substituents is 1. The number of hydrogen-bond acceptors (Lipinski definition) is 12.